The van der Waals surface area contributed by atoms with Crippen LogP contribution in [0.4, 0.5) is 4.39 Å². The maximum absolute atomic E-state index is 13.3. The Hall–Kier alpha value is -0.930. The molecule has 0 aliphatic carbocycles. The van der Waals surface area contributed by atoms with E-state index in [9.17, 15) is 9.18 Å². The van der Waals surface area contributed by atoms with Crippen LogP contribution < -0.4 is 5.73 Å². The Morgan fingerprint density at radius 2 is 2.24 bits per heavy atom. The molecule has 0 aliphatic rings. The number of benzene rings is 1. The summed E-state index contributed by atoms with van der Waals surface area (Å²) in [6.45, 7) is 1.70. The fourth-order valence-electron chi connectivity index (χ4n) is 1.75. The zero-order chi connectivity index (χ0) is 12.8. The Labute approximate surface area is 106 Å². The van der Waals surface area contributed by atoms with Crippen molar-refractivity contribution in [2.45, 2.75) is 38.6 Å². The highest BCUT2D eigenvalue weighted by Crippen LogP contribution is 2.21. The van der Waals surface area contributed by atoms with E-state index in [1.54, 1.807) is 19.1 Å². The minimum atomic E-state index is -0.354. The Balaban J connectivity index is 2.50. The van der Waals surface area contributed by atoms with E-state index in [1.165, 1.54) is 0 Å². The van der Waals surface area contributed by atoms with Gasteiger partial charge in [0.1, 0.15) is 12.1 Å². The summed E-state index contributed by atoms with van der Waals surface area (Å²) in [6.07, 6.45) is 3.68. The quantitative estimate of drug-likeness (QED) is 0.796. The predicted molar refractivity (Wildman–Crippen MR) is 67.7 cm³/mol. The lowest BCUT2D eigenvalue weighted by Crippen LogP contribution is -2.20. The minimum Gasteiger partial charge on any atom is -0.327 e. The number of rotatable bonds is 6. The van der Waals surface area contributed by atoms with E-state index < -0.39 is 0 Å². The first-order valence-corrected chi connectivity index (χ1v) is 6.06. The van der Waals surface area contributed by atoms with Gasteiger partial charge in [-0.15, -0.1) is 0 Å². The first-order chi connectivity index (χ1) is 8.04. The van der Waals surface area contributed by atoms with Gasteiger partial charge in [-0.25, -0.2) is 4.39 Å². The second-order valence-corrected chi connectivity index (χ2v) is 4.67. The van der Waals surface area contributed by atoms with E-state index in [2.05, 4.69) is 0 Å². The molecular weight excluding hydrogens is 241 g/mol. The number of carbonyl (C=O) groups is 1. The van der Waals surface area contributed by atoms with Gasteiger partial charge in [0.25, 0.3) is 0 Å². The van der Waals surface area contributed by atoms with Gasteiger partial charge in [-0.1, -0.05) is 17.7 Å². The third-order valence-electron chi connectivity index (χ3n) is 2.71. The molecule has 0 heterocycles. The second kappa shape index (κ2) is 6.72. The molecule has 0 spiro atoms. The number of nitrogens with two attached hydrogens (primary N) is 1. The molecule has 0 aromatic heterocycles. The lowest BCUT2D eigenvalue weighted by Gasteiger charge is -2.09. The zero-order valence-corrected chi connectivity index (χ0v) is 10.6. The number of aldehydes is 1. The van der Waals surface area contributed by atoms with Gasteiger partial charge in [0, 0.05) is 12.5 Å². The molecule has 0 radical (unpaired) electrons. The Morgan fingerprint density at radius 1 is 1.53 bits per heavy atom. The highest BCUT2D eigenvalue weighted by Gasteiger charge is 2.07. The van der Waals surface area contributed by atoms with Gasteiger partial charge in [-0.05, 0) is 43.4 Å². The maximum atomic E-state index is 13.3. The molecule has 0 saturated heterocycles. The molecule has 94 valence electrons. The first kappa shape index (κ1) is 14.1. The highest BCUT2D eigenvalue weighted by atomic mass is 35.5. The predicted octanol–water partition coefficient (Wildman–Crippen LogP) is 3.03. The van der Waals surface area contributed by atoms with Crippen LogP contribution in [-0.4, -0.2) is 12.3 Å². The lowest BCUT2D eigenvalue weighted by molar-refractivity contribution is -0.108. The van der Waals surface area contributed by atoms with Gasteiger partial charge < -0.3 is 10.5 Å². The van der Waals surface area contributed by atoms with Crippen molar-refractivity contribution in [3.05, 3.63) is 34.1 Å². The van der Waals surface area contributed by atoms with Crippen molar-refractivity contribution in [3.8, 4) is 0 Å². The lowest BCUT2D eigenvalue weighted by atomic mass is 10.0. The van der Waals surface area contributed by atoms with E-state index in [1.807, 2.05) is 0 Å². The molecule has 0 fully saturated rings. The molecule has 0 amide bonds. The van der Waals surface area contributed by atoms with E-state index in [0.717, 1.165) is 31.1 Å². The first-order valence-electron chi connectivity index (χ1n) is 5.68. The van der Waals surface area contributed by atoms with Gasteiger partial charge >= 0.3 is 0 Å². The molecule has 4 heteroatoms. The summed E-state index contributed by atoms with van der Waals surface area (Å²) in [5.74, 6) is -0.354. The van der Waals surface area contributed by atoms with Crippen LogP contribution in [0.1, 0.15) is 30.4 Å². The van der Waals surface area contributed by atoms with Crippen molar-refractivity contribution in [2.24, 2.45) is 5.73 Å². The number of carbonyl (C=O) groups excluding carboxylic acids is 1. The maximum Gasteiger partial charge on any atom is 0.144 e. The molecule has 1 unspecified atom stereocenters. The van der Waals surface area contributed by atoms with Gasteiger partial charge in [0.2, 0.25) is 0 Å². The van der Waals surface area contributed by atoms with Crippen LogP contribution in [0.25, 0.3) is 0 Å². The summed E-state index contributed by atoms with van der Waals surface area (Å²) in [4.78, 5) is 10.2. The second-order valence-electron chi connectivity index (χ2n) is 4.26. The molecule has 1 atom stereocenters. The molecule has 0 bridgehead atoms. The minimum absolute atomic E-state index is 0.0792. The molecule has 1 aromatic carbocycles. The largest absolute Gasteiger partial charge is 0.327 e. The van der Waals surface area contributed by atoms with Crippen LogP contribution >= 0.6 is 11.6 Å². The van der Waals surface area contributed by atoms with Crippen LogP contribution in [-0.2, 0) is 11.2 Å². The molecule has 2 nitrogen and oxygen atoms in total. The monoisotopic (exact) mass is 257 g/mol. The molecule has 1 rings (SSSR count). The third kappa shape index (κ3) is 4.44. The molecule has 1 aromatic rings. The van der Waals surface area contributed by atoms with Crippen molar-refractivity contribution >= 4 is 17.9 Å². The van der Waals surface area contributed by atoms with E-state index in [4.69, 9.17) is 17.3 Å². The smallest absolute Gasteiger partial charge is 0.144 e. The molecule has 0 saturated carbocycles. The summed E-state index contributed by atoms with van der Waals surface area (Å²) < 4.78 is 13.3. The van der Waals surface area contributed by atoms with Gasteiger partial charge in [0.15, 0.2) is 0 Å². The van der Waals surface area contributed by atoms with Gasteiger partial charge in [-0.2, -0.15) is 0 Å². The average molecular weight is 258 g/mol. The third-order valence-corrected chi connectivity index (χ3v) is 2.98. The fourth-order valence-corrected chi connectivity index (χ4v) is 2.04. The summed E-state index contributed by atoms with van der Waals surface area (Å²) in [5, 5.41) is 0.164. The Kier molecular flexibility index (Phi) is 5.59. The van der Waals surface area contributed by atoms with Crippen molar-refractivity contribution in [3.63, 3.8) is 0 Å². The van der Waals surface area contributed by atoms with Crippen LogP contribution in [0.3, 0.4) is 0 Å². The van der Waals surface area contributed by atoms with Crippen molar-refractivity contribution in [1.29, 1.82) is 0 Å². The number of aryl methyl sites for hydroxylation is 2. The average Bonchev–Trinajstić information content (AvgIpc) is 2.26. The van der Waals surface area contributed by atoms with Crippen LogP contribution in [0.2, 0.25) is 5.02 Å². The summed E-state index contributed by atoms with van der Waals surface area (Å²) in [7, 11) is 0. The molecule has 17 heavy (non-hydrogen) atoms. The van der Waals surface area contributed by atoms with Gasteiger partial charge in [-0.3, -0.25) is 0 Å². The fraction of sp³-hybridized carbons (Fsp3) is 0.462. The Bertz CT molecular complexity index is 372. The van der Waals surface area contributed by atoms with Crippen molar-refractivity contribution in [2.75, 3.05) is 0 Å². The normalized spacial score (nSPS) is 12.5. The SMILES string of the molecule is Cc1cc(CCCC(N)CC=O)cc(Cl)c1F. The summed E-state index contributed by atoms with van der Waals surface area (Å²) >= 11 is 5.76. The highest BCUT2D eigenvalue weighted by molar-refractivity contribution is 6.30. The number of hydrogen-bond donors (Lipinski definition) is 1. The van der Waals surface area contributed by atoms with E-state index in [-0.39, 0.29) is 16.9 Å². The summed E-state index contributed by atoms with van der Waals surface area (Å²) in [5.41, 5.74) is 7.28. The van der Waals surface area contributed by atoms with Crippen molar-refractivity contribution in [1.82, 2.24) is 0 Å². The van der Waals surface area contributed by atoms with Crippen LogP contribution in [0, 0.1) is 12.7 Å². The van der Waals surface area contributed by atoms with Crippen LogP contribution in [0.5, 0.6) is 0 Å². The standard InChI is InChI=1S/C13H17ClFNO/c1-9-7-10(8-12(14)13(9)15)3-2-4-11(16)5-6-17/h6-8,11H,2-5,16H2,1H3. The Morgan fingerprint density at radius 3 is 2.82 bits per heavy atom. The number of hydrogen-bond acceptors (Lipinski definition) is 2. The molecule has 0 aliphatic heterocycles. The summed E-state index contributed by atoms with van der Waals surface area (Å²) in [6, 6.07) is 3.37. The van der Waals surface area contributed by atoms with Crippen LogP contribution in [0.15, 0.2) is 12.1 Å². The van der Waals surface area contributed by atoms with Gasteiger partial charge in [0.05, 0.1) is 5.02 Å². The van der Waals surface area contributed by atoms with E-state index >= 15 is 0 Å². The topological polar surface area (TPSA) is 43.1 Å². The molecular formula is C13H17ClFNO. The number of halogens is 2. The zero-order valence-electron chi connectivity index (χ0n) is 9.88. The molecule has 2 N–H and O–H groups in total. The van der Waals surface area contributed by atoms with Crippen molar-refractivity contribution < 1.29 is 9.18 Å². The van der Waals surface area contributed by atoms with E-state index in [0.29, 0.717) is 12.0 Å².